The number of hydrogen-bond acceptors (Lipinski definition) is 2. The van der Waals surface area contributed by atoms with E-state index >= 15 is 0 Å². The van der Waals surface area contributed by atoms with Gasteiger partial charge in [0.1, 0.15) is 0 Å². The molecular formula is C9H14N2. The van der Waals surface area contributed by atoms with Crippen LogP contribution in [0.2, 0.25) is 0 Å². The van der Waals surface area contributed by atoms with Gasteiger partial charge >= 0.3 is 0 Å². The Balaban J connectivity index is 2.20. The summed E-state index contributed by atoms with van der Waals surface area (Å²) in [5.41, 5.74) is 6.89. The Kier molecular flexibility index (Phi) is 1.70. The van der Waals surface area contributed by atoms with Crippen molar-refractivity contribution in [1.82, 2.24) is 5.32 Å². The van der Waals surface area contributed by atoms with E-state index in [1.807, 2.05) is 0 Å². The second-order valence-corrected chi connectivity index (χ2v) is 3.26. The third kappa shape index (κ3) is 1.18. The summed E-state index contributed by atoms with van der Waals surface area (Å²) >= 11 is 0. The van der Waals surface area contributed by atoms with Gasteiger partial charge in [-0.25, -0.2) is 0 Å². The number of allylic oxidation sites excluding steroid dienone is 1. The van der Waals surface area contributed by atoms with Crippen molar-refractivity contribution in [2.75, 3.05) is 6.54 Å². The van der Waals surface area contributed by atoms with Crippen LogP contribution in [0.5, 0.6) is 0 Å². The molecule has 0 saturated heterocycles. The van der Waals surface area contributed by atoms with Crippen LogP contribution in [0.4, 0.5) is 0 Å². The van der Waals surface area contributed by atoms with Gasteiger partial charge in [0.25, 0.3) is 0 Å². The van der Waals surface area contributed by atoms with Crippen molar-refractivity contribution in [2.45, 2.75) is 18.9 Å². The Morgan fingerprint density at radius 3 is 3.27 bits per heavy atom. The minimum Gasteiger partial charge on any atom is -0.401 e. The van der Waals surface area contributed by atoms with Crippen LogP contribution in [-0.4, -0.2) is 12.6 Å². The average molecular weight is 150 g/mol. The summed E-state index contributed by atoms with van der Waals surface area (Å²) in [4.78, 5) is 0. The predicted octanol–water partition coefficient (Wildman–Crippen LogP) is 0.767. The molecule has 2 nitrogen and oxygen atoms in total. The molecule has 2 aliphatic rings. The Bertz CT molecular complexity index is 206. The molecule has 0 aromatic heterocycles. The molecule has 0 amide bonds. The van der Waals surface area contributed by atoms with Gasteiger partial charge in [-0.2, -0.15) is 0 Å². The van der Waals surface area contributed by atoms with Gasteiger partial charge < -0.3 is 11.1 Å². The normalized spacial score (nSPS) is 36.2. The summed E-state index contributed by atoms with van der Waals surface area (Å²) in [6, 6.07) is 0.425. The summed E-state index contributed by atoms with van der Waals surface area (Å²) < 4.78 is 0. The SMILES string of the molecule is NC1=CCCC2C=CCNC12. The van der Waals surface area contributed by atoms with E-state index < -0.39 is 0 Å². The maximum Gasteiger partial charge on any atom is 0.0530 e. The molecule has 2 heteroatoms. The van der Waals surface area contributed by atoms with E-state index in [1.54, 1.807) is 0 Å². The molecule has 1 aliphatic carbocycles. The second kappa shape index (κ2) is 2.70. The third-order valence-corrected chi connectivity index (χ3v) is 2.51. The van der Waals surface area contributed by atoms with E-state index in [0.29, 0.717) is 12.0 Å². The van der Waals surface area contributed by atoms with Crippen molar-refractivity contribution >= 4 is 0 Å². The van der Waals surface area contributed by atoms with Gasteiger partial charge in [-0.05, 0) is 18.8 Å². The maximum absolute atomic E-state index is 5.85. The van der Waals surface area contributed by atoms with E-state index in [-0.39, 0.29) is 0 Å². The molecule has 0 aromatic rings. The zero-order chi connectivity index (χ0) is 7.68. The first-order valence-electron chi connectivity index (χ1n) is 4.23. The number of nitrogens with two attached hydrogens (primary N) is 1. The van der Waals surface area contributed by atoms with E-state index in [4.69, 9.17) is 5.73 Å². The van der Waals surface area contributed by atoms with Crippen LogP contribution in [0.3, 0.4) is 0 Å². The minimum absolute atomic E-state index is 0.425. The average Bonchev–Trinajstić information content (AvgIpc) is 2.06. The minimum atomic E-state index is 0.425. The molecule has 2 atom stereocenters. The second-order valence-electron chi connectivity index (χ2n) is 3.26. The molecule has 0 aromatic carbocycles. The van der Waals surface area contributed by atoms with Gasteiger partial charge in [0, 0.05) is 12.2 Å². The van der Waals surface area contributed by atoms with Gasteiger partial charge in [0.05, 0.1) is 6.04 Å². The first kappa shape index (κ1) is 6.92. The predicted molar refractivity (Wildman–Crippen MR) is 45.9 cm³/mol. The highest BCUT2D eigenvalue weighted by Crippen LogP contribution is 2.24. The van der Waals surface area contributed by atoms with Crippen molar-refractivity contribution in [3.8, 4) is 0 Å². The molecule has 11 heavy (non-hydrogen) atoms. The van der Waals surface area contributed by atoms with Crippen molar-refractivity contribution in [2.24, 2.45) is 11.7 Å². The largest absolute Gasteiger partial charge is 0.401 e. The van der Waals surface area contributed by atoms with Gasteiger partial charge in [-0.3, -0.25) is 0 Å². The van der Waals surface area contributed by atoms with Crippen molar-refractivity contribution < 1.29 is 0 Å². The van der Waals surface area contributed by atoms with Crippen LogP contribution < -0.4 is 11.1 Å². The highest BCUT2D eigenvalue weighted by molar-refractivity contribution is 5.18. The topological polar surface area (TPSA) is 38.0 Å². The fraction of sp³-hybridized carbons (Fsp3) is 0.556. The van der Waals surface area contributed by atoms with Crippen LogP contribution in [0, 0.1) is 5.92 Å². The third-order valence-electron chi connectivity index (χ3n) is 2.51. The Morgan fingerprint density at radius 2 is 2.45 bits per heavy atom. The standard InChI is InChI=1S/C9H14N2/c10-8-5-1-3-7-4-2-6-11-9(7)8/h2,4-5,7,9,11H,1,3,6,10H2. The maximum atomic E-state index is 5.85. The highest BCUT2D eigenvalue weighted by Gasteiger charge is 2.25. The molecule has 2 rings (SSSR count). The van der Waals surface area contributed by atoms with Crippen LogP contribution in [0.1, 0.15) is 12.8 Å². The monoisotopic (exact) mass is 150 g/mol. The smallest absolute Gasteiger partial charge is 0.0530 e. The van der Waals surface area contributed by atoms with Crippen molar-refractivity contribution in [3.63, 3.8) is 0 Å². The molecule has 3 N–H and O–H groups in total. The van der Waals surface area contributed by atoms with E-state index in [1.165, 1.54) is 6.42 Å². The lowest BCUT2D eigenvalue weighted by Gasteiger charge is -2.32. The quantitative estimate of drug-likeness (QED) is 0.500. The fourth-order valence-corrected chi connectivity index (χ4v) is 1.90. The number of fused-ring (bicyclic) bond motifs is 1. The summed E-state index contributed by atoms with van der Waals surface area (Å²) in [6.07, 6.45) is 9.02. The molecule has 0 fully saturated rings. The van der Waals surface area contributed by atoms with E-state index in [2.05, 4.69) is 23.5 Å². The van der Waals surface area contributed by atoms with Crippen LogP contribution >= 0.6 is 0 Å². The van der Waals surface area contributed by atoms with Crippen molar-refractivity contribution in [1.29, 1.82) is 0 Å². The van der Waals surface area contributed by atoms with Crippen LogP contribution in [0.25, 0.3) is 0 Å². The first-order chi connectivity index (χ1) is 5.38. The Labute approximate surface area is 67.2 Å². The Hall–Kier alpha value is -0.760. The molecule has 2 unspecified atom stereocenters. The van der Waals surface area contributed by atoms with Gasteiger partial charge in [-0.1, -0.05) is 18.2 Å². The van der Waals surface area contributed by atoms with Gasteiger partial charge in [0.2, 0.25) is 0 Å². The van der Waals surface area contributed by atoms with E-state index in [0.717, 1.165) is 18.7 Å². The van der Waals surface area contributed by atoms with Gasteiger partial charge in [0.15, 0.2) is 0 Å². The molecule has 0 saturated carbocycles. The Morgan fingerprint density at radius 1 is 1.55 bits per heavy atom. The molecule has 1 heterocycles. The first-order valence-corrected chi connectivity index (χ1v) is 4.23. The summed E-state index contributed by atoms with van der Waals surface area (Å²) in [5.74, 6) is 0.647. The lowest BCUT2D eigenvalue weighted by atomic mass is 9.85. The molecule has 60 valence electrons. The number of rotatable bonds is 0. The summed E-state index contributed by atoms with van der Waals surface area (Å²) in [6.45, 7) is 0.968. The summed E-state index contributed by atoms with van der Waals surface area (Å²) in [7, 11) is 0. The molecule has 0 radical (unpaired) electrons. The highest BCUT2D eigenvalue weighted by atomic mass is 15.0. The van der Waals surface area contributed by atoms with Crippen LogP contribution in [0.15, 0.2) is 23.9 Å². The molecule has 0 bridgehead atoms. The van der Waals surface area contributed by atoms with Gasteiger partial charge in [-0.15, -0.1) is 0 Å². The zero-order valence-corrected chi connectivity index (χ0v) is 6.59. The lowest BCUT2D eigenvalue weighted by molar-refractivity contribution is 0.410. The fourth-order valence-electron chi connectivity index (χ4n) is 1.90. The number of nitrogens with one attached hydrogen (secondary N) is 1. The molecular weight excluding hydrogens is 136 g/mol. The number of hydrogen-bond donors (Lipinski definition) is 2. The molecule has 1 aliphatic heterocycles. The lowest BCUT2D eigenvalue weighted by Crippen LogP contribution is -2.43. The van der Waals surface area contributed by atoms with Crippen molar-refractivity contribution in [3.05, 3.63) is 23.9 Å². The molecule has 0 spiro atoms. The summed E-state index contributed by atoms with van der Waals surface area (Å²) in [5, 5.41) is 3.39. The van der Waals surface area contributed by atoms with Crippen LogP contribution in [-0.2, 0) is 0 Å². The zero-order valence-electron chi connectivity index (χ0n) is 6.59. The van der Waals surface area contributed by atoms with E-state index in [9.17, 15) is 0 Å².